The lowest BCUT2D eigenvalue weighted by atomic mass is 9.86. The Bertz CT molecular complexity index is 618. The third-order valence-corrected chi connectivity index (χ3v) is 7.55. The van der Waals surface area contributed by atoms with Gasteiger partial charge >= 0.3 is 6.03 Å². The first-order valence-electron chi connectivity index (χ1n) is 9.80. The zero-order valence-electron chi connectivity index (χ0n) is 19.0. The Labute approximate surface area is 168 Å². The van der Waals surface area contributed by atoms with E-state index in [0.717, 1.165) is 12.2 Å². The van der Waals surface area contributed by atoms with Gasteiger partial charge in [0.05, 0.1) is 0 Å². The largest absolute Gasteiger partial charge is 0.352 e. The number of carbonyl (C=O) groups is 1. The number of pyridine rings is 1. The molecule has 1 unspecified atom stereocenters. The predicted molar refractivity (Wildman–Crippen MR) is 121 cm³/mol. The van der Waals surface area contributed by atoms with E-state index in [1.54, 1.807) is 0 Å². The van der Waals surface area contributed by atoms with Crippen LogP contribution in [0.1, 0.15) is 33.4 Å². The average Bonchev–Trinajstić information content (AvgIpc) is 2.48. The van der Waals surface area contributed by atoms with E-state index in [0.29, 0.717) is 6.54 Å². The Kier molecular flexibility index (Phi) is 7.46. The van der Waals surface area contributed by atoms with Gasteiger partial charge in [-0.2, -0.15) is 0 Å². The highest BCUT2D eigenvalue weighted by Gasteiger charge is 2.39. The molecule has 0 saturated heterocycles. The molecule has 0 saturated carbocycles. The normalized spacial score (nSPS) is 15.2. The minimum atomic E-state index is -1.89. The number of hydrogen-bond acceptors (Lipinski definition) is 3. The van der Waals surface area contributed by atoms with Gasteiger partial charge in [0.1, 0.15) is 8.24 Å². The maximum Gasteiger partial charge on any atom is 0.309 e. The summed E-state index contributed by atoms with van der Waals surface area (Å²) in [7, 11) is -3.34. The van der Waals surface area contributed by atoms with Crippen LogP contribution in [0.4, 0.5) is 4.79 Å². The molecule has 1 atom stereocenters. The number of amides is 2. The van der Waals surface area contributed by atoms with Crippen molar-refractivity contribution in [3.63, 3.8) is 0 Å². The van der Waals surface area contributed by atoms with Crippen LogP contribution in [0.25, 0.3) is 0 Å². The van der Waals surface area contributed by atoms with Gasteiger partial charge in [0.2, 0.25) is 0 Å². The van der Waals surface area contributed by atoms with E-state index in [2.05, 4.69) is 72.1 Å². The summed E-state index contributed by atoms with van der Waals surface area (Å²) < 4.78 is 2.08. The van der Waals surface area contributed by atoms with E-state index >= 15 is 0 Å². The Balaban J connectivity index is 3.24. The lowest BCUT2D eigenvalue weighted by molar-refractivity contribution is 0.203. The van der Waals surface area contributed by atoms with Crippen LogP contribution >= 0.6 is 0 Å². The fourth-order valence-electron chi connectivity index (χ4n) is 2.76. The van der Waals surface area contributed by atoms with Gasteiger partial charge in [0.15, 0.2) is 8.24 Å². The van der Waals surface area contributed by atoms with Crippen molar-refractivity contribution in [2.45, 2.75) is 77.9 Å². The molecule has 0 fully saturated rings. The summed E-state index contributed by atoms with van der Waals surface area (Å²) in [5, 5.41) is 3.16. The summed E-state index contributed by atoms with van der Waals surface area (Å²) in [4.78, 5) is 21.5. The zero-order chi connectivity index (χ0) is 21.1. The molecule has 27 heavy (non-hydrogen) atoms. The standard InChI is InChI=1S/C20H40N4OSi2/c1-19(2,3)23-18(25)24(27(8,9)10)16-20(4,15-22-26(5,6)7)17-13-11-12-14-21-17/h11-14,22H,15-16H2,1-10H3,(H,23,25). The number of aromatic nitrogens is 1. The molecule has 0 aliphatic carbocycles. The van der Waals surface area contributed by atoms with Crippen molar-refractivity contribution in [3.8, 4) is 0 Å². The van der Waals surface area contributed by atoms with Gasteiger partial charge in [-0.05, 0) is 32.9 Å². The number of hydrogen-bond donors (Lipinski definition) is 2. The van der Waals surface area contributed by atoms with E-state index in [-0.39, 0.29) is 17.0 Å². The van der Waals surface area contributed by atoms with E-state index in [4.69, 9.17) is 0 Å². The van der Waals surface area contributed by atoms with Crippen LogP contribution in [0.2, 0.25) is 39.3 Å². The monoisotopic (exact) mass is 408 g/mol. The third kappa shape index (κ3) is 8.15. The first-order valence-corrected chi connectivity index (χ1v) is 16.7. The fourth-order valence-corrected chi connectivity index (χ4v) is 5.17. The molecule has 5 nitrogen and oxygen atoms in total. The minimum absolute atomic E-state index is 0.0248. The Hall–Kier alpha value is -1.19. The van der Waals surface area contributed by atoms with Crippen LogP contribution in [0, 0.1) is 0 Å². The smallest absolute Gasteiger partial charge is 0.309 e. The Morgan fingerprint density at radius 2 is 1.67 bits per heavy atom. The second-order valence-corrected chi connectivity index (χ2v) is 20.6. The SMILES string of the molecule is CC(C)(C)NC(=O)N(CC(C)(CN[Si](C)(C)C)c1ccccn1)[Si](C)(C)C. The van der Waals surface area contributed by atoms with Crippen molar-refractivity contribution >= 4 is 22.5 Å². The Morgan fingerprint density at radius 1 is 1.07 bits per heavy atom. The summed E-state index contributed by atoms with van der Waals surface area (Å²) in [6.07, 6.45) is 1.84. The molecule has 0 radical (unpaired) electrons. The summed E-state index contributed by atoms with van der Waals surface area (Å²) >= 11 is 0. The summed E-state index contributed by atoms with van der Waals surface area (Å²) in [5.74, 6) is 0. The molecule has 0 aromatic carbocycles. The molecule has 1 heterocycles. The molecule has 1 rings (SSSR count). The topological polar surface area (TPSA) is 57.3 Å². The van der Waals surface area contributed by atoms with Crippen LogP contribution in [0.5, 0.6) is 0 Å². The molecule has 1 aromatic rings. The van der Waals surface area contributed by atoms with Gasteiger partial charge in [-0.15, -0.1) is 0 Å². The number of urea groups is 1. The van der Waals surface area contributed by atoms with Crippen LogP contribution in [-0.4, -0.2) is 50.7 Å². The second-order valence-electron chi connectivity index (χ2n) is 10.8. The summed E-state index contributed by atoms with van der Waals surface area (Å²) in [6, 6.07) is 6.08. The molecular formula is C20H40N4OSi2. The maximum absolute atomic E-state index is 13.1. The number of carbonyl (C=O) groups excluding carboxylic acids is 1. The molecule has 0 aliphatic heterocycles. The van der Waals surface area contributed by atoms with E-state index in [1.165, 1.54) is 0 Å². The molecule has 0 bridgehead atoms. The van der Waals surface area contributed by atoms with Crippen molar-refractivity contribution in [2.75, 3.05) is 13.1 Å². The lowest BCUT2D eigenvalue weighted by Gasteiger charge is -2.43. The summed E-state index contributed by atoms with van der Waals surface area (Å²) in [6.45, 7) is 23.3. The molecular weight excluding hydrogens is 368 g/mol. The van der Waals surface area contributed by atoms with Crippen molar-refractivity contribution in [1.82, 2.24) is 19.8 Å². The zero-order valence-corrected chi connectivity index (χ0v) is 21.0. The highest BCUT2D eigenvalue weighted by molar-refractivity contribution is 6.75. The molecule has 1 aromatic heterocycles. The molecule has 2 amide bonds. The molecule has 154 valence electrons. The maximum atomic E-state index is 13.1. The van der Waals surface area contributed by atoms with E-state index < -0.39 is 16.5 Å². The van der Waals surface area contributed by atoms with Gasteiger partial charge in [0.25, 0.3) is 0 Å². The molecule has 0 spiro atoms. The van der Waals surface area contributed by atoms with Crippen molar-refractivity contribution in [3.05, 3.63) is 30.1 Å². The molecule has 7 heteroatoms. The van der Waals surface area contributed by atoms with Crippen LogP contribution in [0.3, 0.4) is 0 Å². The van der Waals surface area contributed by atoms with Crippen LogP contribution in [-0.2, 0) is 5.41 Å². The lowest BCUT2D eigenvalue weighted by Crippen LogP contribution is -2.62. The van der Waals surface area contributed by atoms with E-state index in [9.17, 15) is 4.79 Å². The van der Waals surface area contributed by atoms with Crippen LogP contribution in [0.15, 0.2) is 24.4 Å². The first kappa shape index (κ1) is 23.9. The second kappa shape index (κ2) is 8.45. The summed E-state index contributed by atoms with van der Waals surface area (Å²) in [5.41, 5.74) is 0.520. The first-order chi connectivity index (χ1) is 12.0. The van der Waals surface area contributed by atoms with Crippen LogP contribution < -0.4 is 10.3 Å². The quantitative estimate of drug-likeness (QED) is 0.657. The molecule has 2 N–H and O–H groups in total. The highest BCUT2D eigenvalue weighted by atomic mass is 28.3. The fraction of sp³-hybridized carbons (Fsp3) is 0.700. The van der Waals surface area contributed by atoms with Crippen molar-refractivity contribution < 1.29 is 4.79 Å². The van der Waals surface area contributed by atoms with Crippen molar-refractivity contribution in [1.29, 1.82) is 0 Å². The van der Waals surface area contributed by atoms with Crippen molar-refractivity contribution in [2.24, 2.45) is 0 Å². The molecule has 0 aliphatic rings. The predicted octanol–water partition coefficient (Wildman–Crippen LogP) is 4.41. The number of nitrogens with one attached hydrogen (secondary N) is 2. The van der Waals surface area contributed by atoms with E-state index in [1.807, 2.05) is 39.1 Å². The van der Waals surface area contributed by atoms with Gasteiger partial charge in [-0.25, -0.2) is 4.79 Å². The minimum Gasteiger partial charge on any atom is -0.352 e. The average molecular weight is 409 g/mol. The third-order valence-electron chi connectivity index (χ3n) is 4.34. The van der Waals surface area contributed by atoms with Gasteiger partial charge < -0.3 is 14.9 Å². The van der Waals surface area contributed by atoms with Gasteiger partial charge in [-0.3, -0.25) is 4.98 Å². The van der Waals surface area contributed by atoms with Gasteiger partial charge in [-0.1, -0.05) is 52.3 Å². The van der Waals surface area contributed by atoms with Gasteiger partial charge in [0, 0.05) is 35.9 Å². The number of rotatable bonds is 7. The highest BCUT2D eigenvalue weighted by Crippen LogP contribution is 2.26. The number of nitrogens with zero attached hydrogens (tertiary/aromatic N) is 2. The Morgan fingerprint density at radius 3 is 2.07 bits per heavy atom.